The standard InChI is InChI=1S/C20H31N5OS/c1-3-18-14-25(11-12-27-18)20(21-4-2)23-13-16-5-7-17(8-6-16)24-10-9-22-19(26)15-24/h5-8,18H,3-4,9-15H2,1-2H3,(H,21,23)(H,22,26). The van der Waals surface area contributed by atoms with Gasteiger partial charge in [0, 0.05) is 49.4 Å². The number of carbonyl (C=O) groups is 1. The summed E-state index contributed by atoms with van der Waals surface area (Å²) in [6.07, 6.45) is 1.20. The third kappa shape index (κ3) is 5.54. The molecule has 27 heavy (non-hydrogen) atoms. The molecule has 148 valence electrons. The zero-order valence-corrected chi connectivity index (χ0v) is 17.2. The van der Waals surface area contributed by atoms with Crippen LogP contribution in [0.5, 0.6) is 0 Å². The Morgan fingerprint density at radius 2 is 2.11 bits per heavy atom. The molecule has 1 aromatic carbocycles. The first kappa shape index (κ1) is 19.9. The van der Waals surface area contributed by atoms with Crippen LogP contribution >= 0.6 is 11.8 Å². The number of anilines is 1. The van der Waals surface area contributed by atoms with Gasteiger partial charge in [-0.15, -0.1) is 0 Å². The SMILES string of the molecule is CCNC(=NCc1ccc(N2CCNC(=O)C2)cc1)N1CCSC(CC)C1. The predicted molar refractivity (Wildman–Crippen MR) is 115 cm³/mol. The fourth-order valence-corrected chi connectivity index (χ4v) is 4.60. The molecule has 3 rings (SSSR count). The summed E-state index contributed by atoms with van der Waals surface area (Å²) in [7, 11) is 0. The van der Waals surface area contributed by atoms with Crippen molar-refractivity contribution in [2.45, 2.75) is 32.1 Å². The van der Waals surface area contributed by atoms with Crippen molar-refractivity contribution in [2.24, 2.45) is 4.99 Å². The van der Waals surface area contributed by atoms with Crippen LogP contribution < -0.4 is 15.5 Å². The lowest BCUT2D eigenvalue weighted by Gasteiger charge is -2.34. The molecule has 1 aromatic rings. The monoisotopic (exact) mass is 389 g/mol. The third-order valence-corrected chi connectivity index (χ3v) is 6.35. The molecular formula is C20H31N5OS. The van der Waals surface area contributed by atoms with Gasteiger partial charge in [0.2, 0.25) is 5.91 Å². The van der Waals surface area contributed by atoms with Crippen LogP contribution in [0.4, 0.5) is 5.69 Å². The minimum atomic E-state index is 0.0929. The van der Waals surface area contributed by atoms with Crippen molar-refractivity contribution < 1.29 is 4.79 Å². The van der Waals surface area contributed by atoms with E-state index < -0.39 is 0 Å². The first-order chi connectivity index (χ1) is 13.2. The van der Waals surface area contributed by atoms with Gasteiger partial charge in [0.1, 0.15) is 0 Å². The highest BCUT2D eigenvalue weighted by Crippen LogP contribution is 2.21. The highest BCUT2D eigenvalue weighted by Gasteiger charge is 2.21. The van der Waals surface area contributed by atoms with E-state index in [9.17, 15) is 4.79 Å². The molecule has 2 aliphatic rings. The Balaban J connectivity index is 1.62. The van der Waals surface area contributed by atoms with Gasteiger partial charge >= 0.3 is 0 Å². The second-order valence-corrected chi connectivity index (χ2v) is 8.36. The third-order valence-electron chi connectivity index (χ3n) is 4.98. The van der Waals surface area contributed by atoms with Crippen LogP contribution in [0.2, 0.25) is 0 Å². The molecule has 0 radical (unpaired) electrons. The molecule has 0 bridgehead atoms. The molecule has 2 heterocycles. The largest absolute Gasteiger partial charge is 0.360 e. The maximum atomic E-state index is 11.6. The molecule has 0 spiro atoms. The maximum absolute atomic E-state index is 11.6. The van der Waals surface area contributed by atoms with Gasteiger partial charge in [0.05, 0.1) is 13.1 Å². The van der Waals surface area contributed by atoms with Gasteiger partial charge in [0.15, 0.2) is 5.96 Å². The van der Waals surface area contributed by atoms with Gasteiger partial charge in [-0.25, -0.2) is 4.99 Å². The highest BCUT2D eigenvalue weighted by molar-refractivity contribution is 8.00. The lowest BCUT2D eigenvalue weighted by Crippen LogP contribution is -2.48. The Hall–Kier alpha value is -1.89. The summed E-state index contributed by atoms with van der Waals surface area (Å²) in [6, 6.07) is 8.44. The summed E-state index contributed by atoms with van der Waals surface area (Å²) < 4.78 is 0. The quantitative estimate of drug-likeness (QED) is 0.595. The van der Waals surface area contributed by atoms with Crippen LogP contribution in [0.3, 0.4) is 0 Å². The number of piperazine rings is 1. The van der Waals surface area contributed by atoms with E-state index in [0.717, 1.165) is 37.8 Å². The van der Waals surface area contributed by atoms with Crippen LogP contribution in [0, 0.1) is 0 Å². The minimum absolute atomic E-state index is 0.0929. The Morgan fingerprint density at radius 1 is 1.30 bits per heavy atom. The number of carbonyl (C=O) groups excluding carboxylic acids is 1. The molecule has 0 saturated carbocycles. The van der Waals surface area contributed by atoms with Crippen molar-refractivity contribution in [3.05, 3.63) is 29.8 Å². The van der Waals surface area contributed by atoms with Gasteiger partial charge in [-0.1, -0.05) is 19.1 Å². The van der Waals surface area contributed by atoms with E-state index in [1.807, 2.05) is 0 Å². The molecule has 7 heteroatoms. The zero-order chi connectivity index (χ0) is 19.1. The van der Waals surface area contributed by atoms with Crippen molar-refractivity contribution in [1.82, 2.24) is 15.5 Å². The van der Waals surface area contributed by atoms with E-state index in [-0.39, 0.29) is 5.91 Å². The van der Waals surface area contributed by atoms with Crippen molar-refractivity contribution in [1.29, 1.82) is 0 Å². The number of nitrogens with zero attached hydrogens (tertiary/aromatic N) is 3. The molecule has 0 aliphatic carbocycles. The summed E-state index contributed by atoms with van der Waals surface area (Å²) in [5.41, 5.74) is 2.29. The fraction of sp³-hybridized carbons (Fsp3) is 0.600. The van der Waals surface area contributed by atoms with Crippen LogP contribution in [0.1, 0.15) is 25.8 Å². The molecule has 2 aliphatic heterocycles. The number of thioether (sulfide) groups is 1. The van der Waals surface area contributed by atoms with Crippen molar-refractivity contribution in [3.63, 3.8) is 0 Å². The van der Waals surface area contributed by atoms with Crippen molar-refractivity contribution >= 4 is 29.3 Å². The number of guanidine groups is 1. The van der Waals surface area contributed by atoms with E-state index in [4.69, 9.17) is 4.99 Å². The molecule has 2 N–H and O–H groups in total. The Morgan fingerprint density at radius 3 is 2.81 bits per heavy atom. The van der Waals surface area contributed by atoms with Gasteiger partial charge < -0.3 is 20.4 Å². The summed E-state index contributed by atoms with van der Waals surface area (Å²) >= 11 is 2.07. The molecule has 0 aromatic heterocycles. The molecule has 1 amide bonds. The number of amides is 1. The predicted octanol–water partition coefficient (Wildman–Crippen LogP) is 1.92. The minimum Gasteiger partial charge on any atom is -0.360 e. The number of nitrogens with one attached hydrogen (secondary N) is 2. The fourth-order valence-electron chi connectivity index (χ4n) is 3.42. The Labute approximate surface area is 166 Å². The van der Waals surface area contributed by atoms with E-state index >= 15 is 0 Å². The second kappa shape index (κ2) is 9.88. The summed E-state index contributed by atoms with van der Waals surface area (Å²) in [6.45, 7) is 10.1. The number of rotatable bonds is 5. The number of aliphatic imine (C=N–C) groups is 1. The smallest absolute Gasteiger partial charge is 0.239 e. The summed E-state index contributed by atoms with van der Waals surface area (Å²) in [5, 5.41) is 7.01. The molecule has 1 atom stereocenters. The van der Waals surface area contributed by atoms with Crippen LogP contribution in [-0.4, -0.2) is 67.0 Å². The lowest BCUT2D eigenvalue weighted by atomic mass is 10.2. The van der Waals surface area contributed by atoms with E-state index in [0.29, 0.717) is 24.9 Å². The molecule has 1 unspecified atom stereocenters. The van der Waals surface area contributed by atoms with Gasteiger partial charge in [-0.3, -0.25) is 4.79 Å². The van der Waals surface area contributed by atoms with Crippen LogP contribution in [0.15, 0.2) is 29.3 Å². The van der Waals surface area contributed by atoms with Crippen LogP contribution in [-0.2, 0) is 11.3 Å². The first-order valence-corrected chi connectivity index (χ1v) is 11.0. The van der Waals surface area contributed by atoms with Crippen molar-refractivity contribution in [3.8, 4) is 0 Å². The van der Waals surface area contributed by atoms with Crippen LogP contribution in [0.25, 0.3) is 0 Å². The average molecular weight is 390 g/mol. The lowest BCUT2D eigenvalue weighted by molar-refractivity contribution is -0.120. The molecular weight excluding hydrogens is 358 g/mol. The number of hydrogen-bond acceptors (Lipinski definition) is 4. The first-order valence-electron chi connectivity index (χ1n) is 9.95. The van der Waals surface area contributed by atoms with Gasteiger partial charge in [0.25, 0.3) is 0 Å². The van der Waals surface area contributed by atoms with Gasteiger partial charge in [-0.2, -0.15) is 11.8 Å². The van der Waals surface area contributed by atoms with E-state index in [1.165, 1.54) is 17.7 Å². The summed E-state index contributed by atoms with van der Waals surface area (Å²) in [5.74, 6) is 2.28. The van der Waals surface area contributed by atoms with Gasteiger partial charge in [-0.05, 0) is 31.0 Å². The van der Waals surface area contributed by atoms with Crippen molar-refractivity contribution in [2.75, 3.05) is 49.9 Å². The molecule has 2 saturated heterocycles. The number of benzene rings is 1. The Bertz CT molecular complexity index is 648. The normalized spacial score (nSPS) is 21.2. The average Bonchev–Trinajstić information content (AvgIpc) is 2.71. The van der Waals surface area contributed by atoms with E-state index in [2.05, 4.69) is 70.3 Å². The Kier molecular flexibility index (Phi) is 7.26. The second-order valence-electron chi connectivity index (χ2n) is 6.96. The zero-order valence-electron chi connectivity index (χ0n) is 16.4. The molecule has 6 nitrogen and oxygen atoms in total. The maximum Gasteiger partial charge on any atom is 0.239 e. The topological polar surface area (TPSA) is 60.0 Å². The number of hydrogen-bond donors (Lipinski definition) is 2. The summed E-state index contributed by atoms with van der Waals surface area (Å²) in [4.78, 5) is 21.0. The van der Waals surface area contributed by atoms with E-state index in [1.54, 1.807) is 0 Å². The molecule has 2 fully saturated rings. The highest BCUT2D eigenvalue weighted by atomic mass is 32.2.